The van der Waals surface area contributed by atoms with Crippen molar-refractivity contribution in [3.63, 3.8) is 0 Å². The molecule has 1 atom stereocenters. The number of benzene rings is 1. The van der Waals surface area contributed by atoms with E-state index in [1.54, 1.807) is 4.90 Å². The summed E-state index contributed by atoms with van der Waals surface area (Å²) < 4.78 is 5.89. The molecule has 1 fully saturated rings. The van der Waals surface area contributed by atoms with Crippen LogP contribution in [0.3, 0.4) is 0 Å². The van der Waals surface area contributed by atoms with Crippen LogP contribution in [0.15, 0.2) is 24.3 Å². The van der Waals surface area contributed by atoms with E-state index in [4.69, 9.17) is 10.5 Å². The molecule has 2 aliphatic heterocycles. The molecule has 0 saturated carbocycles. The lowest BCUT2D eigenvalue weighted by molar-refractivity contribution is -0.145. The van der Waals surface area contributed by atoms with Crippen LogP contribution in [0.4, 0.5) is 0 Å². The van der Waals surface area contributed by atoms with Crippen LogP contribution in [0.25, 0.3) is 0 Å². The molecule has 2 amide bonds. The van der Waals surface area contributed by atoms with Crippen molar-refractivity contribution >= 4 is 11.8 Å². The number of aryl methyl sites for hydroxylation is 1. The number of amides is 2. The number of likely N-dealkylation sites (tertiary alicyclic amines) is 1. The zero-order valence-electron chi connectivity index (χ0n) is 12.0. The van der Waals surface area contributed by atoms with Gasteiger partial charge in [-0.25, -0.2) is 0 Å². The molecule has 2 N–H and O–H groups in total. The highest BCUT2D eigenvalue weighted by Crippen LogP contribution is 2.35. The van der Waals surface area contributed by atoms with Gasteiger partial charge < -0.3 is 15.4 Å². The molecule has 5 nitrogen and oxygen atoms in total. The molecular weight excluding hydrogens is 268 g/mol. The molecule has 5 heteroatoms. The second-order valence-electron chi connectivity index (χ2n) is 5.83. The van der Waals surface area contributed by atoms with E-state index in [1.165, 1.54) is 0 Å². The van der Waals surface area contributed by atoms with Crippen molar-refractivity contribution in [2.45, 2.75) is 37.7 Å². The maximum absolute atomic E-state index is 12.4. The van der Waals surface area contributed by atoms with Crippen LogP contribution in [-0.2, 0) is 16.0 Å². The maximum atomic E-state index is 12.4. The molecule has 1 saturated heterocycles. The summed E-state index contributed by atoms with van der Waals surface area (Å²) in [5, 5.41) is 0. The minimum atomic E-state index is -1.20. The van der Waals surface area contributed by atoms with Gasteiger partial charge in [-0.05, 0) is 30.9 Å². The van der Waals surface area contributed by atoms with Gasteiger partial charge in [0, 0.05) is 19.5 Å². The van der Waals surface area contributed by atoms with Gasteiger partial charge in [0.1, 0.15) is 5.75 Å². The van der Waals surface area contributed by atoms with Gasteiger partial charge in [-0.15, -0.1) is 0 Å². The van der Waals surface area contributed by atoms with Crippen LogP contribution >= 0.6 is 0 Å². The Kier molecular flexibility index (Phi) is 3.57. The Hall–Kier alpha value is -2.04. The van der Waals surface area contributed by atoms with E-state index >= 15 is 0 Å². The number of para-hydroxylation sites is 1. The molecule has 1 unspecified atom stereocenters. The summed E-state index contributed by atoms with van der Waals surface area (Å²) >= 11 is 0. The molecule has 112 valence electrons. The zero-order chi connectivity index (χ0) is 14.9. The van der Waals surface area contributed by atoms with Crippen LogP contribution in [0.1, 0.15) is 31.2 Å². The molecule has 0 aromatic heterocycles. The third kappa shape index (κ3) is 2.60. The molecule has 0 spiro atoms. The smallest absolute Gasteiger partial charge is 0.262 e. The normalized spacial score (nSPS) is 24.3. The van der Waals surface area contributed by atoms with E-state index in [0.29, 0.717) is 18.6 Å². The monoisotopic (exact) mass is 288 g/mol. The van der Waals surface area contributed by atoms with Gasteiger partial charge >= 0.3 is 0 Å². The van der Waals surface area contributed by atoms with E-state index in [-0.39, 0.29) is 12.3 Å². The summed E-state index contributed by atoms with van der Waals surface area (Å²) in [4.78, 5) is 26.1. The van der Waals surface area contributed by atoms with Crippen LogP contribution < -0.4 is 10.5 Å². The van der Waals surface area contributed by atoms with Gasteiger partial charge in [-0.2, -0.15) is 0 Å². The fourth-order valence-corrected chi connectivity index (χ4v) is 3.12. The van der Waals surface area contributed by atoms with Gasteiger partial charge in [-0.1, -0.05) is 18.2 Å². The Morgan fingerprint density at radius 2 is 1.95 bits per heavy atom. The molecule has 21 heavy (non-hydrogen) atoms. The van der Waals surface area contributed by atoms with Crippen molar-refractivity contribution in [3.8, 4) is 5.75 Å². The van der Waals surface area contributed by atoms with E-state index in [9.17, 15) is 9.59 Å². The second-order valence-corrected chi connectivity index (χ2v) is 5.83. The van der Waals surface area contributed by atoms with Crippen LogP contribution in [0.5, 0.6) is 5.75 Å². The molecule has 0 aliphatic carbocycles. The lowest BCUT2D eigenvalue weighted by Crippen LogP contribution is -2.54. The highest BCUT2D eigenvalue weighted by Gasteiger charge is 2.45. The van der Waals surface area contributed by atoms with Crippen LogP contribution in [-0.4, -0.2) is 35.4 Å². The van der Waals surface area contributed by atoms with Crippen molar-refractivity contribution in [2.75, 3.05) is 13.1 Å². The van der Waals surface area contributed by atoms with Gasteiger partial charge in [0.05, 0.1) is 6.42 Å². The molecule has 1 aromatic carbocycles. The summed E-state index contributed by atoms with van der Waals surface area (Å²) in [5.74, 6) is 0.0759. The lowest BCUT2D eigenvalue weighted by atomic mass is 9.87. The lowest BCUT2D eigenvalue weighted by Gasteiger charge is -2.36. The largest absolute Gasteiger partial charge is 0.477 e. The second kappa shape index (κ2) is 5.39. The van der Waals surface area contributed by atoms with E-state index < -0.39 is 11.5 Å². The minimum Gasteiger partial charge on any atom is -0.477 e. The molecule has 3 rings (SSSR count). The number of carbonyl (C=O) groups excluding carboxylic acids is 2. The third-order valence-corrected chi connectivity index (χ3v) is 4.42. The van der Waals surface area contributed by atoms with Crippen molar-refractivity contribution in [3.05, 3.63) is 29.8 Å². The molecular formula is C16H20N2O3. The number of hydrogen-bond acceptors (Lipinski definition) is 3. The first-order valence-corrected chi connectivity index (χ1v) is 7.45. The molecule has 2 heterocycles. The van der Waals surface area contributed by atoms with Gasteiger partial charge in [0.15, 0.2) is 5.60 Å². The Morgan fingerprint density at radius 3 is 2.67 bits per heavy atom. The number of carbonyl (C=O) groups is 2. The summed E-state index contributed by atoms with van der Waals surface area (Å²) in [7, 11) is 0. The Bertz CT molecular complexity index is 566. The zero-order valence-corrected chi connectivity index (χ0v) is 12.0. The van der Waals surface area contributed by atoms with Crippen molar-refractivity contribution in [1.29, 1.82) is 0 Å². The van der Waals surface area contributed by atoms with Crippen molar-refractivity contribution in [1.82, 2.24) is 4.90 Å². The molecule has 1 aromatic rings. The Balaban J connectivity index is 1.81. The highest BCUT2D eigenvalue weighted by molar-refractivity contribution is 5.91. The summed E-state index contributed by atoms with van der Waals surface area (Å²) in [6.45, 7) is 1.54. The van der Waals surface area contributed by atoms with Gasteiger partial charge in [0.25, 0.3) is 5.91 Å². The highest BCUT2D eigenvalue weighted by atomic mass is 16.5. The van der Waals surface area contributed by atoms with Crippen LogP contribution in [0, 0.1) is 0 Å². The van der Waals surface area contributed by atoms with Crippen molar-refractivity contribution in [2.24, 2.45) is 5.73 Å². The van der Waals surface area contributed by atoms with E-state index in [0.717, 1.165) is 31.5 Å². The number of fused-ring (bicyclic) bond motifs is 1. The summed E-state index contributed by atoms with van der Waals surface area (Å²) in [6.07, 6.45) is 3.25. The van der Waals surface area contributed by atoms with E-state index in [1.807, 2.05) is 24.3 Å². The predicted octanol–water partition coefficient (Wildman–Crippen LogP) is 1.25. The standard InChI is InChI=1S/C16H20N2O3/c17-15(20)16(11-14(19)18-9-3-4-10-18)8-7-12-5-1-2-6-13(12)21-16/h1-2,5-6H,3-4,7-11H2,(H2,17,20). The third-order valence-electron chi connectivity index (χ3n) is 4.42. The average Bonchev–Trinajstić information content (AvgIpc) is 3.01. The van der Waals surface area contributed by atoms with Crippen molar-refractivity contribution < 1.29 is 14.3 Å². The average molecular weight is 288 g/mol. The number of nitrogens with zero attached hydrogens (tertiary/aromatic N) is 1. The first-order chi connectivity index (χ1) is 10.1. The fourth-order valence-electron chi connectivity index (χ4n) is 3.12. The summed E-state index contributed by atoms with van der Waals surface area (Å²) in [5.41, 5.74) is 5.43. The van der Waals surface area contributed by atoms with Gasteiger partial charge in [0.2, 0.25) is 5.91 Å². The van der Waals surface area contributed by atoms with Gasteiger partial charge in [-0.3, -0.25) is 9.59 Å². The Labute approximate surface area is 124 Å². The molecule has 2 aliphatic rings. The SMILES string of the molecule is NC(=O)C1(CC(=O)N2CCCC2)CCc2ccccc2O1. The maximum Gasteiger partial charge on any atom is 0.262 e. The topological polar surface area (TPSA) is 72.6 Å². The molecule has 0 radical (unpaired) electrons. The fraction of sp³-hybridized carbons (Fsp3) is 0.500. The number of hydrogen-bond donors (Lipinski definition) is 1. The molecule has 0 bridgehead atoms. The number of rotatable bonds is 3. The number of primary amides is 1. The van der Waals surface area contributed by atoms with E-state index in [2.05, 4.69) is 0 Å². The quantitative estimate of drug-likeness (QED) is 0.909. The number of ether oxygens (including phenoxy) is 1. The number of nitrogens with two attached hydrogens (primary N) is 1. The first-order valence-electron chi connectivity index (χ1n) is 7.45. The van der Waals surface area contributed by atoms with Crippen LogP contribution in [0.2, 0.25) is 0 Å². The summed E-state index contributed by atoms with van der Waals surface area (Å²) in [6, 6.07) is 7.60. The minimum absolute atomic E-state index is 0.0364. The first kappa shape index (κ1) is 13.9. The predicted molar refractivity (Wildman–Crippen MR) is 77.7 cm³/mol. The Morgan fingerprint density at radius 1 is 1.24 bits per heavy atom.